The van der Waals surface area contributed by atoms with Gasteiger partial charge in [0, 0.05) is 14.2 Å². The second-order valence-electron chi connectivity index (χ2n) is 1.44. The maximum atomic E-state index is 11.0. The molecule has 0 amide bonds. The van der Waals surface area contributed by atoms with Gasteiger partial charge in [-0.25, -0.2) is 0 Å². The molecule has 11 heavy (non-hydrogen) atoms. The van der Waals surface area contributed by atoms with Crippen LogP contribution in [0.5, 0.6) is 0 Å². The molecule has 1 N–H and O–H groups in total. The van der Waals surface area contributed by atoms with Crippen LogP contribution in [0.25, 0.3) is 0 Å². The molecule has 0 aliphatic rings. The molecule has 6 nitrogen and oxygen atoms in total. The molecular weight excluding hydrogens is 195 g/mol. The SMILES string of the molecule is COP(=O)(COS(=O)O)OC. The van der Waals surface area contributed by atoms with Crippen molar-refractivity contribution in [2.75, 3.05) is 20.6 Å². The van der Waals surface area contributed by atoms with E-state index in [4.69, 9.17) is 4.55 Å². The summed E-state index contributed by atoms with van der Waals surface area (Å²) in [5.41, 5.74) is 0. The molecular formula is C3H9O6PS. The van der Waals surface area contributed by atoms with Gasteiger partial charge < -0.3 is 9.05 Å². The quantitative estimate of drug-likeness (QED) is 0.521. The standard InChI is InChI=1S/C3H9O6PS/c1-7-10(4,8-2)3-9-11(5)6/h3H2,1-2H3,(H,5,6). The average molecular weight is 204 g/mol. The van der Waals surface area contributed by atoms with E-state index in [1.807, 2.05) is 0 Å². The molecule has 0 rings (SSSR count). The highest BCUT2D eigenvalue weighted by Gasteiger charge is 2.22. The zero-order valence-electron chi connectivity index (χ0n) is 6.05. The van der Waals surface area contributed by atoms with E-state index >= 15 is 0 Å². The van der Waals surface area contributed by atoms with Gasteiger partial charge in [0.05, 0.1) is 0 Å². The van der Waals surface area contributed by atoms with E-state index in [0.717, 1.165) is 14.2 Å². The first-order chi connectivity index (χ1) is 5.04. The second-order valence-corrected chi connectivity index (χ2v) is 4.32. The fraction of sp³-hybridized carbons (Fsp3) is 1.00. The fourth-order valence-electron chi connectivity index (χ4n) is 0.290. The average Bonchev–Trinajstić information content (AvgIpc) is 2.00. The minimum atomic E-state index is -3.31. The molecule has 0 aliphatic heterocycles. The predicted molar refractivity (Wildman–Crippen MR) is 38.3 cm³/mol. The summed E-state index contributed by atoms with van der Waals surface area (Å²) in [4.78, 5) is 0. The van der Waals surface area contributed by atoms with Gasteiger partial charge in [-0.15, -0.1) is 0 Å². The fourth-order valence-corrected chi connectivity index (χ4v) is 1.53. The smallest absolute Gasteiger partial charge is 0.310 e. The van der Waals surface area contributed by atoms with Crippen molar-refractivity contribution in [1.82, 2.24) is 0 Å². The molecule has 0 bridgehead atoms. The third kappa shape index (κ3) is 4.62. The Morgan fingerprint density at radius 2 is 1.91 bits per heavy atom. The number of rotatable bonds is 5. The second kappa shape index (κ2) is 4.97. The highest BCUT2D eigenvalue weighted by molar-refractivity contribution is 7.74. The van der Waals surface area contributed by atoms with Gasteiger partial charge in [0.1, 0.15) is 0 Å². The van der Waals surface area contributed by atoms with E-state index < -0.39 is 25.3 Å². The van der Waals surface area contributed by atoms with Crippen molar-refractivity contribution in [3.63, 3.8) is 0 Å². The van der Waals surface area contributed by atoms with Crippen LogP contribution in [0, 0.1) is 0 Å². The highest BCUT2D eigenvalue weighted by atomic mass is 32.2. The van der Waals surface area contributed by atoms with Gasteiger partial charge in [-0.05, 0) is 0 Å². The van der Waals surface area contributed by atoms with E-state index in [-0.39, 0.29) is 0 Å². The van der Waals surface area contributed by atoms with Crippen LogP contribution in [0.3, 0.4) is 0 Å². The molecule has 68 valence electrons. The molecule has 8 heteroatoms. The van der Waals surface area contributed by atoms with E-state index in [0.29, 0.717) is 0 Å². The molecule has 0 aromatic heterocycles. The lowest BCUT2D eigenvalue weighted by molar-refractivity contribution is 0.240. The first kappa shape index (κ1) is 11.2. The molecule has 0 radical (unpaired) electrons. The molecule has 0 heterocycles. The van der Waals surface area contributed by atoms with Gasteiger partial charge in [-0.1, -0.05) is 0 Å². The summed E-state index contributed by atoms with van der Waals surface area (Å²) in [5, 5.41) is 0. The Morgan fingerprint density at radius 3 is 2.18 bits per heavy atom. The van der Waals surface area contributed by atoms with Gasteiger partial charge in [0.25, 0.3) is 0 Å². The Morgan fingerprint density at radius 1 is 1.45 bits per heavy atom. The number of hydrogen-bond acceptors (Lipinski definition) is 5. The summed E-state index contributed by atoms with van der Waals surface area (Å²) in [7, 11) is -0.989. The Kier molecular flexibility index (Phi) is 5.07. The Balaban J connectivity index is 3.89. The lowest BCUT2D eigenvalue weighted by Gasteiger charge is -2.10. The summed E-state index contributed by atoms with van der Waals surface area (Å²) in [5.74, 6) is 0. The van der Waals surface area contributed by atoms with Crippen LogP contribution in [0.15, 0.2) is 0 Å². The van der Waals surface area contributed by atoms with Gasteiger partial charge in [-0.2, -0.15) is 4.21 Å². The molecule has 1 atom stereocenters. The normalized spacial score (nSPS) is 14.8. The minimum Gasteiger partial charge on any atom is -0.310 e. The molecule has 0 spiro atoms. The van der Waals surface area contributed by atoms with Crippen LogP contribution in [-0.2, 0) is 29.2 Å². The summed E-state index contributed by atoms with van der Waals surface area (Å²) in [6, 6.07) is 0. The van der Waals surface area contributed by atoms with Gasteiger partial charge in [0.2, 0.25) is 0 Å². The zero-order valence-corrected chi connectivity index (χ0v) is 7.76. The minimum absolute atomic E-state index is 0.539. The van der Waals surface area contributed by atoms with Crippen molar-refractivity contribution < 1.29 is 26.6 Å². The highest BCUT2D eigenvalue weighted by Crippen LogP contribution is 2.46. The lowest BCUT2D eigenvalue weighted by atomic mass is 11.7. The Labute approximate surface area is 66.9 Å². The maximum absolute atomic E-state index is 11.0. The van der Waals surface area contributed by atoms with Crippen molar-refractivity contribution in [1.29, 1.82) is 0 Å². The Bertz CT molecular complexity index is 173. The predicted octanol–water partition coefficient (Wildman–Crippen LogP) is 0.583. The lowest BCUT2D eigenvalue weighted by Crippen LogP contribution is -2.01. The summed E-state index contributed by atoms with van der Waals surface area (Å²) >= 11 is -2.45. The van der Waals surface area contributed by atoms with E-state index in [1.54, 1.807) is 0 Å². The molecule has 0 aliphatic carbocycles. The molecule has 0 saturated heterocycles. The Hall–Kier alpha value is 0.220. The van der Waals surface area contributed by atoms with Gasteiger partial charge in [-0.3, -0.25) is 13.3 Å². The molecule has 0 fully saturated rings. The van der Waals surface area contributed by atoms with Crippen molar-refractivity contribution >= 4 is 19.0 Å². The monoisotopic (exact) mass is 204 g/mol. The van der Waals surface area contributed by atoms with Crippen LogP contribution >= 0.6 is 7.60 Å². The molecule has 1 unspecified atom stereocenters. The van der Waals surface area contributed by atoms with Crippen molar-refractivity contribution in [2.24, 2.45) is 0 Å². The van der Waals surface area contributed by atoms with Crippen LogP contribution in [-0.4, -0.2) is 29.3 Å². The van der Waals surface area contributed by atoms with Crippen LogP contribution in [0.1, 0.15) is 0 Å². The molecule has 0 aromatic rings. The van der Waals surface area contributed by atoms with E-state index in [2.05, 4.69) is 13.2 Å². The van der Waals surface area contributed by atoms with Gasteiger partial charge in [0.15, 0.2) is 6.35 Å². The first-order valence-electron chi connectivity index (χ1n) is 2.49. The molecule has 0 saturated carbocycles. The van der Waals surface area contributed by atoms with E-state index in [9.17, 15) is 8.77 Å². The zero-order chi connectivity index (χ0) is 8.91. The van der Waals surface area contributed by atoms with Crippen molar-refractivity contribution in [3.05, 3.63) is 0 Å². The first-order valence-corrected chi connectivity index (χ1v) is 5.24. The maximum Gasteiger partial charge on any atom is 0.357 e. The van der Waals surface area contributed by atoms with Crippen molar-refractivity contribution in [2.45, 2.75) is 0 Å². The van der Waals surface area contributed by atoms with Gasteiger partial charge >= 0.3 is 19.0 Å². The third-order valence-corrected chi connectivity index (χ3v) is 2.92. The summed E-state index contributed by atoms with van der Waals surface area (Å²) in [6.07, 6.45) is -0.539. The van der Waals surface area contributed by atoms with Crippen LogP contribution < -0.4 is 0 Å². The topological polar surface area (TPSA) is 82.1 Å². The summed E-state index contributed by atoms with van der Waals surface area (Å²) < 4.78 is 42.0. The van der Waals surface area contributed by atoms with Crippen molar-refractivity contribution in [3.8, 4) is 0 Å². The van der Waals surface area contributed by atoms with Crippen LogP contribution in [0.2, 0.25) is 0 Å². The van der Waals surface area contributed by atoms with E-state index in [1.165, 1.54) is 0 Å². The molecule has 0 aromatic carbocycles. The number of hydrogen-bond donors (Lipinski definition) is 1. The van der Waals surface area contributed by atoms with Crippen LogP contribution in [0.4, 0.5) is 0 Å². The third-order valence-electron chi connectivity index (χ3n) is 0.868. The largest absolute Gasteiger partial charge is 0.357 e. The summed E-state index contributed by atoms with van der Waals surface area (Å²) in [6.45, 7) is 0.